The number of benzene rings is 2. The normalized spacial score (nSPS) is 12.3. The highest BCUT2D eigenvalue weighted by molar-refractivity contribution is 5.85. The molecule has 1 heterocycles. The van der Waals surface area contributed by atoms with E-state index < -0.39 is 11.4 Å². The molecule has 0 spiro atoms. The van der Waals surface area contributed by atoms with E-state index in [1.807, 2.05) is 0 Å². The van der Waals surface area contributed by atoms with Crippen LogP contribution >= 0.6 is 24.8 Å². The summed E-state index contributed by atoms with van der Waals surface area (Å²) in [5.74, 6) is -0.968. The zero-order chi connectivity index (χ0) is 17.3. The standard InChI is InChI=1S/C18H14F2N4.2ClH/c1-18(22,13-3-2-12(9-21)16(20)8-13)17-10-23-11-24(17)15-6-4-14(19)5-7-15;;/h2-8,10-11H,22H2,1H3;2*1H. The van der Waals surface area contributed by atoms with E-state index in [1.165, 1.54) is 24.3 Å². The van der Waals surface area contributed by atoms with Crippen molar-refractivity contribution in [2.24, 2.45) is 5.73 Å². The van der Waals surface area contributed by atoms with Crippen molar-refractivity contribution >= 4 is 24.8 Å². The second-order valence-corrected chi connectivity index (χ2v) is 5.63. The number of halogens is 4. The van der Waals surface area contributed by atoms with Gasteiger partial charge in [0.2, 0.25) is 0 Å². The van der Waals surface area contributed by atoms with Crippen LogP contribution in [0.1, 0.15) is 23.7 Å². The van der Waals surface area contributed by atoms with E-state index in [2.05, 4.69) is 4.98 Å². The fourth-order valence-electron chi connectivity index (χ4n) is 2.56. The van der Waals surface area contributed by atoms with Gasteiger partial charge in [-0.15, -0.1) is 24.8 Å². The molecule has 1 atom stereocenters. The number of imidazole rings is 1. The lowest BCUT2D eigenvalue weighted by molar-refractivity contribution is 0.556. The Morgan fingerprint density at radius 2 is 1.77 bits per heavy atom. The Balaban J connectivity index is 0.00000169. The van der Waals surface area contributed by atoms with E-state index in [9.17, 15) is 8.78 Å². The monoisotopic (exact) mass is 396 g/mol. The third kappa shape index (κ3) is 3.86. The van der Waals surface area contributed by atoms with E-state index in [0.717, 1.165) is 0 Å². The largest absolute Gasteiger partial charge is 0.317 e. The van der Waals surface area contributed by atoms with Crippen molar-refractivity contribution in [3.05, 3.63) is 83.4 Å². The minimum Gasteiger partial charge on any atom is -0.317 e. The number of aromatic nitrogens is 2. The van der Waals surface area contributed by atoms with Gasteiger partial charge < -0.3 is 10.3 Å². The van der Waals surface area contributed by atoms with Crippen LogP contribution in [0.2, 0.25) is 0 Å². The predicted octanol–water partition coefficient (Wildman–Crippen LogP) is 4.09. The summed E-state index contributed by atoms with van der Waals surface area (Å²) in [6.07, 6.45) is 3.15. The molecule has 0 aliphatic heterocycles. The molecule has 4 nitrogen and oxygen atoms in total. The van der Waals surface area contributed by atoms with E-state index in [-0.39, 0.29) is 36.2 Å². The van der Waals surface area contributed by atoms with Crippen molar-refractivity contribution in [1.29, 1.82) is 5.26 Å². The van der Waals surface area contributed by atoms with Crippen LogP contribution in [-0.2, 0) is 5.54 Å². The van der Waals surface area contributed by atoms with Gasteiger partial charge in [-0.2, -0.15) is 5.26 Å². The quantitative estimate of drug-likeness (QED) is 0.724. The summed E-state index contributed by atoms with van der Waals surface area (Å²) < 4.78 is 28.8. The molecule has 0 saturated carbocycles. The van der Waals surface area contributed by atoms with Crippen LogP contribution in [0.5, 0.6) is 0 Å². The molecule has 3 aromatic rings. The van der Waals surface area contributed by atoms with Crippen LogP contribution in [0.25, 0.3) is 5.69 Å². The van der Waals surface area contributed by atoms with Gasteiger partial charge in [0.05, 0.1) is 29.3 Å². The van der Waals surface area contributed by atoms with Crippen LogP contribution in [0, 0.1) is 23.0 Å². The van der Waals surface area contributed by atoms with Crippen LogP contribution in [0.4, 0.5) is 8.78 Å². The fourth-order valence-corrected chi connectivity index (χ4v) is 2.56. The number of hydrogen-bond acceptors (Lipinski definition) is 3. The molecule has 0 radical (unpaired) electrons. The SMILES string of the molecule is CC(N)(c1ccc(C#N)c(F)c1)c1cncn1-c1ccc(F)cc1.Cl.Cl. The zero-order valence-corrected chi connectivity index (χ0v) is 15.3. The van der Waals surface area contributed by atoms with E-state index in [1.54, 1.807) is 48.3 Å². The average Bonchev–Trinajstić information content (AvgIpc) is 3.06. The van der Waals surface area contributed by atoms with Gasteiger partial charge in [-0.1, -0.05) is 6.07 Å². The van der Waals surface area contributed by atoms with Gasteiger partial charge in [0, 0.05) is 5.69 Å². The smallest absolute Gasteiger partial charge is 0.141 e. The molecule has 0 saturated heterocycles. The molecule has 3 rings (SSSR count). The maximum Gasteiger partial charge on any atom is 0.141 e. The first-order chi connectivity index (χ1) is 11.4. The summed E-state index contributed by atoms with van der Waals surface area (Å²) in [6, 6.07) is 11.9. The molecule has 2 aromatic carbocycles. The third-order valence-electron chi connectivity index (χ3n) is 3.96. The molecule has 0 amide bonds. The summed E-state index contributed by atoms with van der Waals surface area (Å²) >= 11 is 0. The van der Waals surface area contributed by atoms with Gasteiger partial charge in [-0.3, -0.25) is 0 Å². The lowest BCUT2D eigenvalue weighted by Gasteiger charge is -2.27. The molecule has 1 aromatic heterocycles. The first-order valence-corrected chi connectivity index (χ1v) is 7.21. The van der Waals surface area contributed by atoms with Gasteiger partial charge in [0.25, 0.3) is 0 Å². The molecule has 0 aliphatic rings. The summed E-state index contributed by atoms with van der Waals surface area (Å²) in [6.45, 7) is 1.73. The van der Waals surface area contributed by atoms with Crippen molar-refractivity contribution in [3.63, 3.8) is 0 Å². The van der Waals surface area contributed by atoms with Crippen LogP contribution < -0.4 is 5.73 Å². The minimum absolute atomic E-state index is 0. The van der Waals surface area contributed by atoms with Crippen LogP contribution in [-0.4, -0.2) is 9.55 Å². The molecular formula is C18H16Cl2F2N4. The molecule has 0 bridgehead atoms. The van der Waals surface area contributed by atoms with Crippen molar-refractivity contribution in [1.82, 2.24) is 9.55 Å². The van der Waals surface area contributed by atoms with Crippen molar-refractivity contribution < 1.29 is 8.78 Å². The lowest BCUT2D eigenvalue weighted by Crippen LogP contribution is -2.36. The minimum atomic E-state index is -1.06. The van der Waals surface area contributed by atoms with Crippen molar-refractivity contribution in [3.8, 4) is 11.8 Å². The molecule has 2 N–H and O–H groups in total. The maximum atomic E-state index is 13.9. The fraction of sp³-hybridized carbons (Fsp3) is 0.111. The summed E-state index contributed by atoms with van der Waals surface area (Å²) in [5.41, 5.74) is 7.15. The van der Waals surface area contributed by atoms with Gasteiger partial charge in [0.1, 0.15) is 17.7 Å². The number of nitrogens with two attached hydrogens (primary N) is 1. The van der Waals surface area contributed by atoms with Crippen LogP contribution in [0.3, 0.4) is 0 Å². The van der Waals surface area contributed by atoms with E-state index in [0.29, 0.717) is 16.9 Å². The average molecular weight is 397 g/mol. The number of nitrogens with zero attached hydrogens (tertiary/aromatic N) is 3. The Labute approximate surface area is 162 Å². The Bertz CT molecular complexity index is 931. The van der Waals surface area contributed by atoms with Crippen molar-refractivity contribution in [2.75, 3.05) is 0 Å². The number of hydrogen-bond donors (Lipinski definition) is 1. The number of rotatable bonds is 3. The zero-order valence-electron chi connectivity index (χ0n) is 13.7. The molecule has 26 heavy (non-hydrogen) atoms. The topological polar surface area (TPSA) is 67.6 Å². The van der Waals surface area contributed by atoms with Gasteiger partial charge >= 0.3 is 0 Å². The third-order valence-corrected chi connectivity index (χ3v) is 3.96. The molecule has 0 aliphatic carbocycles. The number of nitriles is 1. The highest BCUT2D eigenvalue weighted by atomic mass is 35.5. The highest BCUT2D eigenvalue weighted by Crippen LogP contribution is 2.29. The Morgan fingerprint density at radius 3 is 2.35 bits per heavy atom. The molecule has 136 valence electrons. The molecule has 0 fully saturated rings. The molecule has 8 heteroatoms. The molecular weight excluding hydrogens is 381 g/mol. The Hall–Kier alpha value is -2.46. The summed E-state index contributed by atoms with van der Waals surface area (Å²) in [4.78, 5) is 4.11. The summed E-state index contributed by atoms with van der Waals surface area (Å²) in [7, 11) is 0. The van der Waals surface area contributed by atoms with E-state index >= 15 is 0 Å². The molecule has 1 unspecified atom stereocenters. The maximum absolute atomic E-state index is 13.9. The first-order valence-electron chi connectivity index (χ1n) is 7.21. The van der Waals surface area contributed by atoms with Crippen LogP contribution in [0.15, 0.2) is 55.0 Å². The predicted molar refractivity (Wildman–Crippen MR) is 99.8 cm³/mol. The lowest BCUT2D eigenvalue weighted by atomic mass is 9.89. The van der Waals surface area contributed by atoms with Gasteiger partial charge in [0.15, 0.2) is 0 Å². The van der Waals surface area contributed by atoms with Crippen molar-refractivity contribution in [2.45, 2.75) is 12.5 Å². The van der Waals surface area contributed by atoms with E-state index in [4.69, 9.17) is 11.0 Å². The Morgan fingerprint density at radius 1 is 1.12 bits per heavy atom. The van der Waals surface area contributed by atoms with Gasteiger partial charge in [-0.25, -0.2) is 13.8 Å². The second-order valence-electron chi connectivity index (χ2n) is 5.63. The second kappa shape index (κ2) is 8.28. The highest BCUT2D eigenvalue weighted by Gasteiger charge is 2.29. The Kier molecular flexibility index (Phi) is 6.87. The first kappa shape index (κ1) is 21.6. The summed E-state index contributed by atoms with van der Waals surface area (Å²) in [5, 5.41) is 8.85. The van der Waals surface area contributed by atoms with Gasteiger partial charge in [-0.05, 0) is 48.9 Å².